The van der Waals surface area contributed by atoms with Crippen molar-refractivity contribution in [1.29, 1.82) is 0 Å². The quantitative estimate of drug-likeness (QED) is 0.524. The van der Waals surface area contributed by atoms with E-state index in [1.165, 1.54) is 12.1 Å². The molecule has 2 N–H and O–H groups in total. The van der Waals surface area contributed by atoms with Crippen LogP contribution in [-0.4, -0.2) is 44.1 Å². The van der Waals surface area contributed by atoms with Gasteiger partial charge in [0, 0.05) is 19.5 Å². The topological polar surface area (TPSA) is 79.9 Å². The second-order valence-electron chi connectivity index (χ2n) is 8.17. The molecule has 8 heteroatoms. The van der Waals surface area contributed by atoms with Crippen LogP contribution in [0.25, 0.3) is 0 Å². The third kappa shape index (κ3) is 5.37. The Morgan fingerprint density at radius 2 is 1.69 bits per heavy atom. The molecule has 1 heterocycles. The summed E-state index contributed by atoms with van der Waals surface area (Å²) < 4.78 is 24.7. The number of para-hydroxylation sites is 1. The van der Waals surface area contributed by atoms with E-state index in [2.05, 4.69) is 10.6 Å². The normalized spacial score (nSPS) is 14.6. The lowest BCUT2D eigenvalue weighted by Crippen LogP contribution is -2.46. The van der Waals surface area contributed by atoms with Crippen molar-refractivity contribution in [2.75, 3.05) is 32.6 Å². The number of nitrogens with one attached hydrogen (secondary N) is 2. The summed E-state index contributed by atoms with van der Waals surface area (Å²) in [5, 5.41) is 5.37. The molecule has 0 radical (unpaired) electrons. The van der Waals surface area contributed by atoms with Crippen LogP contribution in [-0.2, 0) is 11.2 Å². The van der Waals surface area contributed by atoms with E-state index >= 15 is 0 Å². The van der Waals surface area contributed by atoms with Gasteiger partial charge < -0.3 is 25.0 Å². The van der Waals surface area contributed by atoms with Crippen LogP contribution in [0, 0.1) is 5.82 Å². The van der Waals surface area contributed by atoms with Crippen LogP contribution in [0.5, 0.6) is 11.5 Å². The highest BCUT2D eigenvalue weighted by atomic mass is 19.1. The van der Waals surface area contributed by atoms with E-state index < -0.39 is 5.82 Å². The second kappa shape index (κ2) is 10.9. The number of hydrogen-bond donors (Lipinski definition) is 2. The molecule has 0 saturated carbocycles. The Kier molecular flexibility index (Phi) is 7.50. The number of benzene rings is 3. The Bertz CT molecular complexity index is 1200. The summed E-state index contributed by atoms with van der Waals surface area (Å²) in [6.07, 6.45) is 0.672. The first-order valence-corrected chi connectivity index (χ1v) is 11.4. The number of hydrogen-bond acceptors (Lipinski definition) is 4. The van der Waals surface area contributed by atoms with Gasteiger partial charge in [-0.2, -0.15) is 0 Å². The fourth-order valence-electron chi connectivity index (χ4n) is 4.32. The highest BCUT2D eigenvalue weighted by Gasteiger charge is 2.33. The molecule has 0 aliphatic carbocycles. The number of urea groups is 1. The fourth-order valence-corrected chi connectivity index (χ4v) is 4.32. The summed E-state index contributed by atoms with van der Waals surface area (Å²) in [5.74, 6) is 0.363. The predicted molar refractivity (Wildman–Crippen MR) is 131 cm³/mol. The van der Waals surface area contributed by atoms with E-state index in [1.54, 1.807) is 31.3 Å². The predicted octanol–water partition coefficient (Wildman–Crippen LogP) is 4.53. The first-order valence-electron chi connectivity index (χ1n) is 11.4. The average Bonchev–Trinajstić information content (AvgIpc) is 2.88. The van der Waals surface area contributed by atoms with E-state index in [4.69, 9.17) is 9.47 Å². The highest BCUT2D eigenvalue weighted by Crippen LogP contribution is 2.40. The van der Waals surface area contributed by atoms with Gasteiger partial charge in [0.2, 0.25) is 5.91 Å². The molecular weight excluding hydrogens is 449 g/mol. The Morgan fingerprint density at radius 1 is 1.00 bits per heavy atom. The zero-order valence-electron chi connectivity index (χ0n) is 19.7. The summed E-state index contributed by atoms with van der Waals surface area (Å²) in [5.41, 5.74) is 3.13. The molecule has 0 bridgehead atoms. The van der Waals surface area contributed by atoms with Crippen molar-refractivity contribution in [3.05, 3.63) is 89.2 Å². The van der Waals surface area contributed by atoms with Crippen LogP contribution in [0.1, 0.15) is 29.2 Å². The molecule has 1 atom stereocenters. The van der Waals surface area contributed by atoms with Crippen molar-refractivity contribution < 1.29 is 23.5 Å². The average molecular weight is 478 g/mol. The Morgan fingerprint density at radius 3 is 2.40 bits per heavy atom. The van der Waals surface area contributed by atoms with Crippen molar-refractivity contribution in [3.8, 4) is 11.5 Å². The number of ether oxygens (including phenoxy) is 2. The molecule has 182 valence electrons. The maximum absolute atomic E-state index is 13.8. The molecule has 3 amide bonds. The maximum Gasteiger partial charge on any atom is 0.318 e. The smallest absolute Gasteiger partial charge is 0.318 e. The Balaban J connectivity index is 1.49. The van der Waals surface area contributed by atoms with E-state index in [0.717, 1.165) is 16.7 Å². The van der Waals surface area contributed by atoms with E-state index in [9.17, 15) is 14.0 Å². The van der Waals surface area contributed by atoms with Gasteiger partial charge in [-0.3, -0.25) is 4.79 Å². The summed E-state index contributed by atoms with van der Waals surface area (Å²) in [4.78, 5) is 27.2. The lowest BCUT2D eigenvalue weighted by atomic mass is 9.88. The van der Waals surface area contributed by atoms with Crippen molar-refractivity contribution >= 4 is 17.6 Å². The standard InChI is InChI=1S/C27H28FN3O4/c1-34-23-16-19-13-15-31(26(18-8-4-3-5-9-18)20(19)17-24(23)35-2)27(33)29-14-12-25(32)30-22-11-7-6-10-21(22)28/h3-11,16-17,26H,12-15H2,1-2H3,(H,29,33)(H,30,32)/t26-/m0/s1. The van der Waals surface area contributed by atoms with Gasteiger partial charge in [0.15, 0.2) is 11.5 Å². The van der Waals surface area contributed by atoms with Crippen LogP contribution < -0.4 is 20.1 Å². The summed E-state index contributed by atoms with van der Waals surface area (Å²) >= 11 is 0. The number of amides is 3. The largest absolute Gasteiger partial charge is 0.493 e. The molecule has 0 aromatic heterocycles. The van der Waals surface area contributed by atoms with Gasteiger partial charge in [-0.15, -0.1) is 0 Å². The molecular formula is C27H28FN3O4. The van der Waals surface area contributed by atoms with Gasteiger partial charge in [-0.05, 0) is 47.4 Å². The van der Waals surface area contributed by atoms with Crippen LogP contribution in [0.2, 0.25) is 0 Å². The number of nitrogens with zero attached hydrogens (tertiary/aromatic N) is 1. The number of fused-ring (bicyclic) bond motifs is 1. The van der Waals surface area contributed by atoms with Crippen LogP contribution >= 0.6 is 0 Å². The van der Waals surface area contributed by atoms with Gasteiger partial charge in [-0.25, -0.2) is 9.18 Å². The summed E-state index contributed by atoms with van der Waals surface area (Å²) in [7, 11) is 3.19. The molecule has 1 aliphatic heterocycles. The van der Waals surface area contributed by atoms with E-state index in [1.807, 2.05) is 42.5 Å². The van der Waals surface area contributed by atoms with Crippen LogP contribution in [0.15, 0.2) is 66.7 Å². The highest BCUT2D eigenvalue weighted by molar-refractivity contribution is 5.91. The number of rotatable bonds is 7. The maximum atomic E-state index is 13.8. The Hall–Kier alpha value is -4.07. The molecule has 0 spiro atoms. The van der Waals surface area contributed by atoms with Crippen molar-refractivity contribution in [2.45, 2.75) is 18.9 Å². The number of anilines is 1. The number of methoxy groups -OCH3 is 2. The zero-order chi connectivity index (χ0) is 24.8. The third-order valence-electron chi connectivity index (χ3n) is 6.03. The van der Waals surface area contributed by atoms with Crippen LogP contribution in [0.4, 0.5) is 14.9 Å². The van der Waals surface area contributed by atoms with Gasteiger partial charge in [-0.1, -0.05) is 42.5 Å². The minimum absolute atomic E-state index is 0.0194. The molecule has 3 aromatic carbocycles. The van der Waals surface area contributed by atoms with Gasteiger partial charge in [0.05, 0.1) is 25.9 Å². The van der Waals surface area contributed by atoms with Gasteiger partial charge in [0.1, 0.15) is 5.82 Å². The van der Waals surface area contributed by atoms with Crippen molar-refractivity contribution in [1.82, 2.24) is 10.2 Å². The number of halogens is 1. The summed E-state index contributed by atoms with van der Waals surface area (Å²) in [6, 6.07) is 19.0. The van der Waals surface area contributed by atoms with E-state index in [-0.39, 0.29) is 36.6 Å². The molecule has 3 aromatic rings. The molecule has 35 heavy (non-hydrogen) atoms. The fraction of sp³-hybridized carbons (Fsp3) is 0.259. The van der Waals surface area contributed by atoms with Crippen LogP contribution in [0.3, 0.4) is 0 Å². The van der Waals surface area contributed by atoms with Gasteiger partial charge >= 0.3 is 6.03 Å². The summed E-state index contributed by atoms with van der Waals surface area (Å²) in [6.45, 7) is 0.616. The molecule has 0 unspecified atom stereocenters. The van der Waals surface area contributed by atoms with Gasteiger partial charge in [0.25, 0.3) is 0 Å². The van der Waals surface area contributed by atoms with Crippen molar-refractivity contribution in [3.63, 3.8) is 0 Å². The monoisotopic (exact) mass is 477 g/mol. The lowest BCUT2D eigenvalue weighted by molar-refractivity contribution is -0.116. The van der Waals surface area contributed by atoms with Crippen molar-refractivity contribution in [2.24, 2.45) is 0 Å². The zero-order valence-corrected chi connectivity index (χ0v) is 19.7. The minimum atomic E-state index is -0.505. The second-order valence-corrected chi connectivity index (χ2v) is 8.17. The first kappa shape index (κ1) is 24.1. The molecule has 1 aliphatic rings. The lowest BCUT2D eigenvalue weighted by Gasteiger charge is -2.38. The molecule has 0 saturated heterocycles. The molecule has 0 fully saturated rings. The molecule has 7 nitrogen and oxygen atoms in total. The SMILES string of the molecule is COc1cc2c(cc1OC)[C@H](c1ccccc1)N(C(=O)NCCC(=O)Nc1ccccc1F)CC2. The first-order chi connectivity index (χ1) is 17.0. The number of carbonyl (C=O) groups is 2. The minimum Gasteiger partial charge on any atom is -0.493 e. The third-order valence-corrected chi connectivity index (χ3v) is 6.03. The van der Waals surface area contributed by atoms with E-state index in [0.29, 0.717) is 24.5 Å². The Labute approximate surface area is 203 Å². The molecule has 4 rings (SSSR count). The number of carbonyl (C=O) groups excluding carboxylic acids is 2.